The van der Waals surface area contributed by atoms with Gasteiger partial charge in [0.15, 0.2) is 0 Å². The fraction of sp³-hybridized carbons (Fsp3) is 0.308. The maximum Gasteiger partial charge on any atom is 0.0414 e. The second-order valence-corrected chi connectivity index (χ2v) is 7.45. The van der Waals surface area contributed by atoms with E-state index in [1.165, 1.54) is 65.7 Å². The molecule has 0 fully saturated rings. The highest BCUT2D eigenvalue weighted by Crippen LogP contribution is 2.29. The molecule has 27 heavy (non-hydrogen) atoms. The summed E-state index contributed by atoms with van der Waals surface area (Å²) in [5.74, 6) is 0. The van der Waals surface area contributed by atoms with Gasteiger partial charge in [0.05, 0.1) is 0 Å². The maximum absolute atomic E-state index is 2.29. The normalized spacial score (nSPS) is 10.8. The molecule has 0 saturated carbocycles. The Morgan fingerprint density at radius 2 is 1.44 bits per heavy atom. The van der Waals surface area contributed by atoms with Crippen molar-refractivity contribution in [1.29, 1.82) is 0 Å². The Morgan fingerprint density at radius 3 is 2.15 bits per heavy atom. The summed E-state index contributed by atoms with van der Waals surface area (Å²) in [6, 6.07) is 26.6. The van der Waals surface area contributed by atoms with E-state index in [0.717, 1.165) is 0 Å². The van der Waals surface area contributed by atoms with Crippen molar-refractivity contribution < 1.29 is 0 Å². The molecule has 0 unspecified atom stereocenters. The molecule has 0 saturated heterocycles. The van der Waals surface area contributed by atoms with E-state index in [2.05, 4.69) is 98.6 Å². The molecule has 0 bridgehead atoms. The summed E-state index contributed by atoms with van der Waals surface area (Å²) in [5, 5.41) is 0. The van der Waals surface area contributed by atoms with Crippen molar-refractivity contribution >= 4 is 11.4 Å². The van der Waals surface area contributed by atoms with Crippen molar-refractivity contribution in [3.8, 4) is 11.1 Å². The third-order valence-electron chi connectivity index (χ3n) is 5.26. The van der Waals surface area contributed by atoms with Crippen molar-refractivity contribution in [2.45, 2.75) is 46.0 Å². The molecule has 0 aromatic heterocycles. The van der Waals surface area contributed by atoms with E-state index in [0.29, 0.717) is 0 Å². The maximum atomic E-state index is 2.29. The predicted octanol–water partition coefficient (Wildman–Crippen LogP) is 7.55. The first-order chi connectivity index (χ1) is 13.2. The second kappa shape index (κ2) is 9.41. The SMILES string of the molecule is CCCCCCc1ccc(-c2cccc(N(C)c3ccc(C)cc3)c2)cc1. The number of nitrogens with zero attached hydrogens (tertiary/aromatic N) is 1. The molecular weight excluding hydrogens is 326 g/mol. The molecular formula is C26H31N. The van der Waals surface area contributed by atoms with Gasteiger partial charge in [0.2, 0.25) is 0 Å². The summed E-state index contributed by atoms with van der Waals surface area (Å²) >= 11 is 0. The fourth-order valence-corrected chi connectivity index (χ4v) is 3.43. The lowest BCUT2D eigenvalue weighted by Crippen LogP contribution is -2.09. The van der Waals surface area contributed by atoms with Crippen LogP contribution in [0.5, 0.6) is 0 Å². The number of aryl methyl sites for hydroxylation is 2. The molecule has 0 aliphatic rings. The van der Waals surface area contributed by atoms with Crippen molar-refractivity contribution in [1.82, 2.24) is 0 Å². The highest BCUT2D eigenvalue weighted by Gasteiger charge is 2.06. The summed E-state index contributed by atoms with van der Waals surface area (Å²) in [6.07, 6.45) is 6.47. The van der Waals surface area contributed by atoms with Gasteiger partial charge < -0.3 is 4.90 Å². The van der Waals surface area contributed by atoms with Crippen LogP contribution in [0.3, 0.4) is 0 Å². The molecule has 0 amide bonds. The highest BCUT2D eigenvalue weighted by molar-refractivity contribution is 5.72. The molecule has 140 valence electrons. The number of benzene rings is 3. The summed E-state index contributed by atoms with van der Waals surface area (Å²) in [4.78, 5) is 2.24. The molecule has 0 spiro atoms. The van der Waals surface area contributed by atoms with Gasteiger partial charge in [0.1, 0.15) is 0 Å². The Morgan fingerprint density at radius 1 is 0.704 bits per heavy atom. The zero-order valence-electron chi connectivity index (χ0n) is 16.9. The van der Waals surface area contributed by atoms with E-state index in [9.17, 15) is 0 Å². The smallest absolute Gasteiger partial charge is 0.0414 e. The Balaban J connectivity index is 1.72. The summed E-state index contributed by atoms with van der Waals surface area (Å²) in [6.45, 7) is 4.39. The Kier molecular flexibility index (Phi) is 6.70. The molecule has 0 radical (unpaired) electrons. The van der Waals surface area contributed by atoms with Crippen molar-refractivity contribution in [2.24, 2.45) is 0 Å². The van der Waals surface area contributed by atoms with E-state index in [1.54, 1.807) is 0 Å². The summed E-state index contributed by atoms with van der Waals surface area (Å²) in [7, 11) is 2.13. The van der Waals surface area contributed by atoms with Gasteiger partial charge in [-0.3, -0.25) is 0 Å². The minimum atomic E-state index is 1.19. The molecule has 1 heteroatoms. The van der Waals surface area contributed by atoms with Crippen LogP contribution in [0.4, 0.5) is 11.4 Å². The van der Waals surface area contributed by atoms with E-state index < -0.39 is 0 Å². The first-order valence-corrected chi connectivity index (χ1v) is 10.2. The van der Waals surface area contributed by atoms with Crippen molar-refractivity contribution in [3.05, 3.63) is 83.9 Å². The van der Waals surface area contributed by atoms with Crippen LogP contribution in [0.1, 0.15) is 43.7 Å². The monoisotopic (exact) mass is 357 g/mol. The lowest BCUT2D eigenvalue weighted by atomic mass is 10.0. The molecule has 0 heterocycles. The highest BCUT2D eigenvalue weighted by atomic mass is 15.1. The molecule has 1 nitrogen and oxygen atoms in total. The van der Waals surface area contributed by atoms with Gasteiger partial charge in [0, 0.05) is 18.4 Å². The largest absolute Gasteiger partial charge is 0.345 e. The van der Waals surface area contributed by atoms with Gasteiger partial charge in [-0.1, -0.05) is 80.3 Å². The molecule has 3 aromatic rings. The fourth-order valence-electron chi connectivity index (χ4n) is 3.43. The lowest BCUT2D eigenvalue weighted by Gasteiger charge is -2.20. The Labute approximate surface area is 164 Å². The van der Waals surface area contributed by atoms with Gasteiger partial charge in [-0.2, -0.15) is 0 Å². The van der Waals surface area contributed by atoms with Gasteiger partial charge in [-0.05, 0) is 60.7 Å². The molecule has 0 aliphatic carbocycles. The topological polar surface area (TPSA) is 3.24 Å². The minimum absolute atomic E-state index is 1.19. The third-order valence-corrected chi connectivity index (χ3v) is 5.26. The van der Waals surface area contributed by atoms with Crippen LogP contribution in [0.25, 0.3) is 11.1 Å². The van der Waals surface area contributed by atoms with E-state index in [1.807, 2.05) is 0 Å². The van der Waals surface area contributed by atoms with Gasteiger partial charge >= 0.3 is 0 Å². The summed E-state index contributed by atoms with van der Waals surface area (Å²) < 4.78 is 0. The zero-order valence-corrected chi connectivity index (χ0v) is 16.9. The van der Waals surface area contributed by atoms with Crippen LogP contribution in [0.2, 0.25) is 0 Å². The second-order valence-electron chi connectivity index (χ2n) is 7.45. The van der Waals surface area contributed by atoms with Crippen molar-refractivity contribution in [3.63, 3.8) is 0 Å². The van der Waals surface area contributed by atoms with Crippen LogP contribution in [0, 0.1) is 6.92 Å². The third kappa shape index (κ3) is 5.23. The van der Waals surface area contributed by atoms with E-state index >= 15 is 0 Å². The van der Waals surface area contributed by atoms with Crippen LogP contribution in [-0.4, -0.2) is 7.05 Å². The molecule has 3 aromatic carbocycles. The first kappa shape index (κ1) is 19.2. The number of anilines is 2. The number of unbranched alkanes of at least 4 members (excludes halogenated alkanes) is 3. The van der Waals surface area contributed by atoms with E-state index in [-0.39, 0.29) is 0 Å². The molecule has 0 N–H and O–H groups in total. The number of hydrogen-bond acceptors (Lipinski definition) is 1. The molecule has 0 aliphatic heterocycles. The standard InChI is InChI=1S/C26H31N/c1-4-5-6-7-9-22-14-16-23(17-15-22)24-10-8-11-26(20-24)27(3)25-18-12-21(2)13-19-25/h8,10-20H,4-7,9H2,1-3H3. The number of rotatable bonds is 8. The van der Waals surface area contributed by atoms with Crippen LogP contribution in [0.15, 0.2) is 72.8 Å². The quantitative estimate of drug-likeness (QED) is 0.376. The average Bonchev–Trinajstić information content (AvgIpc) is 2.72. The predicted molar refractivity (Wildman–Crippen MR) is 119 cm³/mol. The van der Waals surface area contributed by atoms with Crippen LogP contribution < -0.4 is 4.90 Å². The molecule has 0 atom stereocenters. The van der Waals surface area contributed by atoms with Crippen molar-refractivity contribution in [2.75, 3.05) is 11.9 Å². The zero-order chi connectivity index (χ0) is 19.1. The van der Waals surface area contributed by atoms with E-state index in [4.69, 9.17) is 0 Å². The molecule has 3 rings (SSSR count). The number of hydrogen-bond donors (Lipinski definition) is 0. The van der Waals surface area contributed by atoms with Crippen LogP contribution >= 0.6 is 0 Å². The van der Waals surface area contributed by atoms with Gasteiger partial charge in [-0.25, -0.2) is 0 Å². The lowest BCUT2D eigenvalue weighted by molar-refractivity contribution is 0.667. The van der Waals surface area contributed by atoms with Crippen LogP contribution in [-0.2, 0) is 6.42 Å². The first-order valence-electron chi connectivity index (χ1n) is 10.2. The Bertz CT molecular complexity index is 831. The summed E-state index contributed by atoms with van der Waals surface area (Å²) in [5.41, 5.74) is 7.70. The Hall–Kier alpha value is -2.54. The van der Waals surface area contributed by atoms with Gasteiger partial charge in [-0.15, -0.1) is 0 Å². The average molecular weight is 358 g/mol. The van der Waals surface area contributed by atoms with Gasteiger partial charge in [0.25, 0.3) is 0 Å². The minimum Gasteiger partial charge on any atom is -0.345 e.